The summed E-state index contributed by atoms with van der Waals surface area (Å²) in [6, 6.07) is 10.8. The minimum atomic E-state index is -5.06. The minimum Gasteiger partial charge on any atom is -0.362 e. The van der Waals surface area contributed by atoms with Crippen LogP contribution in [0.4, 0.5) is 13.2 Å². The van der Waals surface area contributed by atoms with Gasteiger partial charge in [-0.1, -0.05) is 30.3 Å². The molecule has 0 radical (unpaired) electrons. The van der Waals surface area contributed by atoms with Crippen molar-refractivity contribution in [3.8, 4) is 0 Å². The van der Waals surface area contributed by atoms with Gasteiger partial charge in [-0.05, 0) is 17.7 Å². The number of hydrazone groups is 1. The van der Waals surface area contributed by atoms with E-state index in [1.165, 1.54) is 18.3 Å². The molecule has 0 spiro atoms. The molecule has 5 nitrogen and oxygen atoms in total. The molecule has 1 atom stereocenters. The maximum atomic E-state index is 13.4. The molecule has 2 heterocycles. The Morgan fingerprint density at radius 3 is 2.46 bits per heavy atom. The molecule has 2 aromatic rings. The van der Waals surface area contributed by atoms with E-state index < -0.39 is 24.2 Å². The first kappa shape index (κ1) is 16.1. The van der Waals surface area contributed by atoms with Crippen LogP contribution in [0.3, 0.4) is 0 Å². The van der Waals surface area contributed by atoms with Gasteiger partial charge < -0.3 is 5.11 Å². The molecule has 1 aliphatic heterocycles. The Bertz CT molecular complexity index is 778. The molecule has 0 bridgehead atoms. The Balaban J connectivity index is 2.05. The number of hydrogen-bond acceptors (Lipinski definition) is 4. The minimum absolute atomic E-state index is 0.0207. The van der Waals surface area contributed by atoms with Crippen molar-refractivity contribution in [3.05, 3.63) is 66.0 Å². The maximum absolute atomic E-state index is 13.4. The van der Waals surface area contributed by atoms with Crippen molar-refractivity contribution in [2.75, 3.05) is 0 Å². The van der Waals surface area contributed by atoms with Crippen molar-refractivity contribution in [2.24, 2.45) is 5.10 Å². The van der Waals surface area contributed by atoms with Gasteiger partial charge in [0.1, 0.15) is 0 Å². The molecular formula is C16H12F3N3O2. The molecule has 1 aliphatic rings. The Hall–Kier alpha value is -2.74. The molecule has 0 fully saturated rings. The van der Waals surface area contributed by atoms with Crippen molar-refractivity contribution in [1.29, 1.82) is 0 Å². The molecule has 3 rings (SSSR count). The third kappa shape index (κ3) is 2.65. The van der Waals surface area contributed by atoms with Crippen molar-refractivity contribution >= 4 is 11.6 Å². The second-order valence-electron chi connectivity index (χ2n) is 5.26. The van der Waals surface area contributed by atoms with Crippen LogP contribution in [0.5, 0.6) is 0 Å². The van der Waals surface area contributed by atoms with Crippen molar-refractivity contribution in [1.82, 2.24) is 9.99 Å². The summed E-state index contributed by atoms with van der Waals surface area (Å²) in [7, 11) is 0. The quantitative estimate of drug-likeness (QED) is 0.917. The first-order valence-corrected chi connectivity index (χ1v) is 6.99. The number of nitrogens with zero attached hydrogens (tertiary/aromatic N) is 3. The van der Waals surface area contributed by atoms with Gasteiger partial charge in [-0.3, -0.25) is 9.78 Å². The smallest absolute Gasteiger partial charge is 0.362 e. The van der Waals surface area contributed by atoms with Gasteiger partial charge in [0.2, 0.25) is 0 Å². The number of aliphatic hydroxyl groups is 1. The van der Waals surface area contributed by atoms with Gasteiger partial charge in [-0.25, -0.2) is 0 Å². The van der Waals surface area contributed by atoms with Crippen molar-refractivity contribution in [2.45, 2.75) is 18.3 Å². The predicted octanol–water partition coefficient (Wildman–Crippen LogP) is 2.58. The summed E-state index contributed by atoms with van der Waals surface area (Å²) in [5.41, 5.74) is -3.11. The number of carbonyl (C=O) groups excluding carboxylic acids is 1. The fraction of sp³-hybridized carbons (Fsp3) is 0.188. The molecule has 1 aromatic carbocycles. The zero-order valence-electron chi connectivity index (χ0n) is 12.2. The summed E-state index contributed by atoms with van der Waals surface area (Å²) >= 11 is 0. The van der Waals surface area contributed by atoms with Crippen LogP contribution in [-0.4, -0.2) is 38.6 Å². The molecule has 0 aliphatic carbocycles. The first-order valence-electron chi connectivity index (χ1n) is 6.99. The first-order chi connectivity index (χ1) is 11.3. The third-order valence-electron chi connectivity index (χ3n) is 3.65. The molecule has 124 valence electrons. The number of alkyl halides is 3. The van der Waals surface area contributed by atoms with Crippen LogP contribution in [0.2, 0.25) is 0 Å². The number of hydrogen-bond donors (Lipinski definition) is 1. The maximum Gasteiger partial charge on any atom is 0.438 e. The van der Waals surface area contributed by atoms with Crippen molar-refractivity contribution in [3.63, 3.8) is 0 Å². The van der Waals surface area contributed by atoms with E-state index in [2.05, 4.69) is 10.1 Å². The zero-order valence-corrected chi connectivity index (χ0v) is 12.2. The third-order valence-corrected chi connectivity index (χ3v) is 3.65. The largest absolute Gasteiger partial charge is 0.438 e. The second-order valence-corrected chi connectivity index (χ2v) is 5.26. The lowest BCUT2D eigenvalue weighted by Crippen LogP contribution is -2.56. The number of amides is 1. The molecular weight excluding hydrogens is 323 g/mol. The molecule has 1 amide bonds. The molecule has 1 N–H and O–H groups in total. The van der Waals surface area contributed by atoms with E-state index in [1.807, 2.05) is 0 Å². The number of pyridine rings is 1. The van der Waals surface area contributed by atoms with Gasteiger partial charge in [0.25, 0.3) is 11.6 Å². The highest BCUT2D eigenvalue weighted by molar-refractivity contribution is 6.05. The van der Waals surface area contributed by atoms with E-state index in [9.17, 15) is 23.1 Å². The van der Waals surface area contributed by atoms with Crippen LogP contribution in [0.15, 0.2) is 60.0 Å². The Kier molecular flexibility index (Phi) is 3.84. The van der Waals surface area contributed by atoms with E-state index in [0.717, 1.165) is 6.20 Å². The predicted molar refractivity (Wildman–Crippen MR) is 79.0 cm³/mol. The summed E-state index contributed by atoms with van der Waals surface area (Å²) in [4.78, 5) is 16.1. The summed E-state index contributed by atoms with van der Waals surface area (Å²) in [6.07, 6.45) is -3.40. The second kappa shape index (κ2) is 5.72. The number of rotatable bonds is 2. The van der Waals surface area contributed by atoms with E-state index in [0.29, 0.717) is 5.56 Å². The van der Waals surface area contributed by atoms with Gasteiger partial charge in [0, 0.05) is 12.4 Å². The van der Waals surface area contributed by atoms with Crippen LogP contribution >= 0.6 is 0 Å². The van der Waals surface area contributed by atoms with Gasteiger partial charge in [0.05, 0.1) is 17.7 Å². The van der Waals surface area contributed by atoms with Crippen LogP contribution in [0.25, 0.3) is 0 Å². The lowest BCUT2D eigenvalue weighted by atomic mass is 10.0. The zero-order chi connectivity index (χ0) is 17.4. The SMILES string of the molecule is O=C(c1cccnc1)N1N=C(c2ccccc2)C[C@]1(O)C(F)(F)F. The highest BCUT2D eigenvalue weighted by atomic mass is 19.4. The van der Waals surface area contributed by atoms with Gasteiger partial charge >= 0.3 is 6.18 Å². The summed E-state index contributed by atoms with van der Waals surface area (Å²) in [6.45, 7) is 0. The normalized spacial score (nSPS) is 20.8. The highest BCUT2D eigenvalue weighted by Crippen LogP contribution is 2.41. The number of halogens is 3. The number of aromatic nitrogens is 1. The van der Waals surface area contributed by atoms with Crippen LogP contribution in [-0.2, 0) is 0 Å². The summed E-state index contributed by atoms with van der Waals surface area (Å²) in [5.74, 6) is -1.08. The molecule has 0 unspecified atom stereocenters. The summed E-state index contributed by atoms with van der Waals surface area (Å²) < 4.78 is 40.3. The topological polar surface area (TPSA) is 65.8 Å². The standard InChI is InChI=1S/C16H12F3N3O2/c17-16(18,19)15(24)9-13(11-5-2-1-3-6-11)21-22(15)14(23)12-7-4-8-20-10-12/h1-8,10,24H,9H2/t15-/m0/s1. The van der Waals surface area contributed by atoms with Crippen LogP contribution < -0.4 is 0 Å². The molecule has 0 saturated heterocycles. The van der Waals surface area contributed by atoms with E-state index in [1.54, 1.807) is 30.3 Å². The summed E-state index contributed by atoms with van der Waals surface area (Å²) in [5, 5.41) is 14.0. The van der Waals surface area contributed by atoms with E-state index >= 15 is 0 Å². The molecule has 8 heteroatoms. The number of benzene rings is 1. The lowest BCUT2D eigenvalue weighted by molar-refractivity contribution is -0.297. The number of carbonyl (C=O) groups is 1. The van der Waals surface area contributed by atoms with Crippen LogP contribution in [0.1, 0.15) is 22.3 Å². The average molecular weight is 335 g/mol. The fourth-order valence-corrected chi connectivity index (χ4v) is 2.38. The molecule has 1 aromatic heterocycles. The Labute approximate surface area is 135 Å². The Morgan fingerprint density at radius 2 is 1.88 bits per heavy atom. The van der Waals surface area contributed by atoms with Gasteiger partial charge in [-0.15, -0.1) is 0 Å². The van der Waals surface area contributed by atoms with E-state index in [-0.39, 0.29) is 16.3 Å². The van der Waals surface area contributed by atoms with Crippen molar-refractivity contribution < 1.29 is 23.1 Å². The fourth-order valence-electron chi connectivity index (χ4n) is 2.38. The van der Waals surface area contributed by atoms with Crippen LogP contribution in [0, 0.1) is 0 Å². The lowest BCUT2D eigenvalue weighted by Gasteiger charge is -2.32. The monoisotopic (exact) mass is 335 g/mol. The Morgan fingerprint density at radius 1 is 1.17 bits per heavy atom. The van der Waals surface area contributed by atoms with Gasteiger partial charge in [0.15, 0.2) is 0 Å². The van der Waals surface area contributed by atoms with E-state index in [4.69, 9.17) is 0 Å². The average Bonchev–Trinajstić information content (AvgIpc) is 2.95. The highest BCUT2D eigenvalue weighted by Gasteiger charge is 2.63. The molecule has 24 heavy (non-hydrogen) atoms. The molecule has 0 saturated carbocycles. The van der Waals surface area contributed by atoms with Gasteiger partial charge in [-0.2, -0.15) is 23.3 Å².